The zero-order valence-corrected chi connectivity index (χ0v) is 11.8. The largest absolute Gasteiger partial charge is 0.319 e. The van der Waals surface area contributed by atoms with E-state index < -0.39 is 0 Å². The second-order valence-electron chi connectivity index (χ2n) is 4.36. The molecule has 2 rings (SSSR count). The van der Waals surface area contributed by atoms with E-state index in [1.807, 2.05) is 13.8 Å². The lowest BCUT2D eigenvalue weighted by atomic mass is 10.00. The van der Waals surface area contributed by atoms with Gasteiger partial charge in [-0.3, -0.25) is 4.98 Å². The monoisotopic (exact) mass is 280 g/mol. The van der Waals surface area contributed by atoms with Crippen LogP contribution in [0.1, 0.15) is 28.4 Å². The maximum Gasteiger partial charge on any atom is 0.0744 e. The molecule has 0 spiro atoms. The van der Waals surface area contributed by atoms with Crippen LogP contribution in [-0.4, -0.2) is 4.98 Å². The molecule has 0 saturated carbocycles. The summed E-state index contributed by atoms with van der Waals surface area (Å²) in [5.74, 6) is 0. The average Bonchev–Trinajstić information content (AvgIpc) is 2.31. The van der Waals surface area contributed by atoms with Gasteiger partial charge in [0.1, 0.15) is 0 Å². The molecule has 0 fully saturated rings. The van der Waals surface area contributed by atoms with Gasteiger partial charge in [-0.05, 0) is 48.7 Å². The summed E-state index contributed by atoms with van der Waals surface area (Å²) in [7, 11) is 0. The van der Waals surface area contributed by atoms with Crippen molar-refractivity contribution in [1.82, 2.24) is 4.98 Å². The van der Waals surface area contributed by atoms with Gasteiger partial charge in [0.15, 0.2) is 0 Å². The Morgan fingerprint density at radius 1 is 1.17 bits per heavy atom. The second-order valence-corrected chi connectivity index (χ2v) is 5.20. The fourth-order valence-electron chi connectivity index (χ4n) is 1.95. The van der Waals surface area contributed by atoms with Crippen molar-refractivity contribution in [2.75, 3.05) is 0 Å². The standard InChI is InChI=1S/C14H14Cl2N2/c1-8-5-9(2)14(18-7-8)13(17)11-6-10(15)3-4-12(11)16/h3-7,13H,17H2,1-2H3. The summed E-state index contributed by atoms with van der Waals surface area (Å²) in [6, 6.07) is 6.98. The predicted molar refractivity (Wildman–Crippen MR) is 76.2 cm³/mol. The van der Waals surface area contributed by atoms with Crippen molar-refractivity contribution in [3.05, 3.63) is 62.9 Å². The number of benzene rings is 1. The Kier molecular flexibility index (Phi) is 3.91. The molecule has 0 aliphatic rings. The molecular formula is C14H14Cl2N2. The van der Waals surface area contributed by atoms with Crippen molar-refractivity contribution >= 4 is 23.2 Å². The van der Waals surface area contributed by atoms with Crippen LogP contribution in [0.15, 0.2) is 30.5 Å². The van der Waals surface area contributed by atoms with Gasteiger partial charge in [-0.25, -0.2) is 0 Å². The number of hydrogen-bond acceptors (Lipinski definition) is 2. The van der Waals surface area contributed by atoms with Gasteiger partial charge in [0.05, 0.1) is 11.7 Å². The molecule has 18 heavy (non-hydrogen) atoms. The van der Waals surface area contributed by atoms with E-state index >= 15 is 0 Å². The highest BCUT2D eigenvalue weighted by Crippen LogP contribution is 2.29. The maximum absolute atomic E-state index is 6.23. The van der Waals surface area contributed by atoms with Crippen molar-refractivity contribution in [1.29, 1.82) is 0 Å². The molecule has 0 amide bonds. The van der Waals surface area contributed by atoms with Gasteiger partial charge >= 0.3 is 0 Å². The highest BCUT2D eigenvalue weighted by molar-refractivity contribution is 6.33. The van der Waals surface area contributed by atoms with Gasteiger partial charge in [0.25, 0.3) is 0 Å². The first-order chi connectivity index (χ1) is 8.49. The molecular weight excluding hydrogens is 267 g/mol. The molecule has 2 nitrogen and oxygen atoms in total. The number of nitrogens with two attached hydrogens (primary N) is 1. The summed E-state index contributed by atoms with van der Waals surface area (Å²) in [5.41, 5.74) is 10.0. The van der Waals surface area contributed by atoms with Crippen molar-refractivity contribution in [2.24, 2.45) is 5.73 Å². The minimum atomic E-state index is -0.364. The van der Waals surface area contributed by atoms with E-state index in [9.17, 15) is 0 Å². The summed E-state index contributed by atoms with van der Waals surface area (Å²) < 4.78 is 0. The summed E-state index contributed by atoms with van der Waals surface area (Å²) in [6.07, 6.45) is 1.81. The van der Waals surface area contributed by atoms with Gasteiger partial charge < -0.3 is 5.73 Å². The molecule has 0 bridgehead atoms. The normalized spacial score (nSPS) is 12.5. The third kappa shape index (κ3) is 2.66. The first-order valence-corrected chi connectivity index (χ1v) is 6.38. The molecule has 2 N–H and O–H groups in total. The number of pyridine rings is 1. The van der Waals surface area contributed by atoms with Gasteiger partial charge in [0, 0.05) is 16.2 Å². The van der Waals surface area contributed by atoms with E-state index in [1.165, 1.54) is 0 Å². The molecule has 1 atom stereocenters. The van der Waals surface area contributed by atoms with Crippen molar-refractivity contribution < 1.29 is 0 Å². The summed E-state index contributed by atoms with van der Waals surface area (Å²) in [6.45, 7) is 4.00. The summed E-state index contributed by atoms with van der Waals surface area (Å²) in [4.78, 5) is 4.40. The molecule has 1 aromatic carbocycles. The predicted octanol–water partition coefficient (Wildman–Crippen LogP) is 4.05. The highest BCUT2D eigenvalue weighted by Gasteiger charge is 2.16. The zero-order chi connectivity index (χ0) is 13.3. The number of rotatable bonds is 2. The van der Waals surface area contributed by atoms with Crippen LogP contribution in [0.2, 0.25) is 10.0 Å². The highest BCUT2D eigenvalue weighted by atomic mass is 35.5. The Morgan fingerprint density at radius 3 is 2.56 bits per heavy atom. The first kappa shape index (κ1) is 13.3. The smallest absolute Gasteiger partial charge is 0.0744 e. The van der Waals surface area contributed by atoms with E-state index in [0.29, 0.717) is 10.0 Å². The molecule has 0 aliphatic heterocycles. The summed E-state index contributed by atoms with van der Waals surface area (Å²) >= 11 is 12.1. The number of halogens is 2. The molecule has 94 valence electrons. The molecule has 1 aromatic heterocycles. The second kappa shape index (κ2) is 5.27. The Morgan fingerprint density at radius 2 is 1.89 bits per heavy atom. The minimum Gasteiger partial charge on any atom is -0.319 e. The van der Waals surface area contributed by atoms with E-state index in [-0.39, 0.29) is 6.04 Å². The van der Waals surface area contributed by atoms with Crippen molar-refractivity contribution in [2.45, 2.75) is 19.9 Å². The van der Waals surface area contributed by atoms with E-state index in [1.54, 1.807) is 24.4 Å². The van der Waals surface area contributed by atoms with Gasteiger partial charge in [0.2, 0.25) is 0 Å². The van der Waals surface area contributed by atoms with Gasteiger partial charge in [-0.2, -0.15) is 0 Å². The first-order valence-electron chi connectivity index (χ1n) is 5.62. The number of aryl methyl sites for hydroxylation is 2. The molecule has 1 heterocycles. The van der Waals surface area contributed by atoms with Crippen LogP contribution in [-0.2, 0) is 0 Å². The fraction of sp³-hybridized carbons (Fsp3) is 0.214. The van der Waals surface area contributed by atoms with Crippen molar-refractivity contribution in [3.8, 4) is 0 Å². The van der Waals surface area contributed by atoms with Crippen LogP contribution in [0, 0.1) is 13.8 Å². The summed E-state index contributed by atoms with van der Waals surface area (Å²) in [5, 5.41) is 1.23. The van der Waals surface area contributed by atoms with Gasteiger partial charge in [-0.15, -0.1) is 0 Å². The molecule has 1 unspecified atom stereocenters. The zero-order valence-electron chi connectivity index (χ0n) is 10.2. The van der Waals surface area contributed by atoms with Gasteiger partial charge in [-0.1, -0.05) is 29.3 Å². The third-order valence-corrected chi connectivity index (χ3v) is 3.42. The number of aromatic nitrogens is 1. The quantitative estimate of drug-likeness (QED) is 0.901. The average molecular weight is 281 g/mol. The number of nitrogens with zero attached hydrogens (tertiary/aromatic N) is 1. The van der Waals surface area contributed by atoms with Crippen LogP contribution in [0.5, 0.6) is 0 Å². The topological polar surface area (TPSA) is 38.9 Å². The lowest BCUT2D eigenvalue weighted by Crippen LogP contribution is -2.15. The van der Waals surface area contributed by atoms with Crippen LogP contribution >= 0.6 is 23.2 Å². The molecule has 0 saturated heterocycles. The number of hydrogen-bond donors (Lipinski definition) is 1. The van der Waals surface area contributed by atoms with Crippen LogP contribution < -0.4 is 5.73 Å². The molecule has 0 radical (unpaired) electrons. The Labute approximate surface area is 117 Å². The maximum atomic E-state index is 6.23. The van der Waals surface area contributed by atoms with Crippen LogP contribution in [0.25, 0.3) is 0 Å². The molecule has 2 aromatic rings. The lowest BCUT2D eigenvalue weighted by Gasteiger charge is -2.16. The SMILES string of the molecule is Cc1cnc(C(N)c2cc(Cl)ccc2Cl)c(C)c1. The van der Waals surface area contributed by atoms with Crippen LogP contribution in [0.3, 0.4) is 0 Å². The molecule has 0 aliphatic carbocycles. The van der Waals surface area contributed by atoms with E-state index in [2.05, 4.69) is 11.1 Å². The Hall–Kier alpha value is -1.09. The Bertz CT molecular complexity index is 582. The van der Waals surface area contributed by atoms with E-state index in [4.69, 9.17) is 28.9 Å². The Balaban J connectivity index is 2.47. The fourth-order valence-corrected chi connectivity index (χ4v) is 2.37. The van der Waals surface area contributed by atoms with Crippen LogP contribution in [0.4, 0.5) is 0 Å². The van der Waals surface area contributed by atoms with Crippen molar-refractivity contribution in [3.63, 3.8) is 0 Å². The third-order valence-electron chi connectivity index (χ3n) is 2.84. The minimum absolute atomic E-state index is 0.364. The lowest BCUT2D eigenvalue weighted by molar-refractivity contribution is 0.816. The van der Waals surface area contributed by atoms with E-state index in [0.717, 1.165) is 22.4 Å². The molecule has 4 heteroatoms.